The van der Waals surface area contributed by atoms with Gasteiger partial charge in [0.15, 0.2) is 0 Å². The van der Waals surface area contributed by atoms with E-state index in [0.717, 1.165) is 13.0 Å². The molecule has 5 heteroatoms. The van der Waals surface area contributed by atoms with E-state index in [0.29, 0.717) is 32.4 Å². The number of aliphatic hydroxyl groups is 1. The molecule has 0 radical (unpaired) electrons. The summed E-state index contributed by atoms with van der Waals surface area (Å²) in [6.45, 7) is 4.96. The summed E-state index contributed by atoms with van der Waals surface area (Å²) in [6.07, 6.45) is 0.834. The van der Waals surface area contributed by atoms with Gasteiger partial charge >= 0.3 is 0 Å². The fourth-order valence-corrected chi connectivity index (χ4v) is 2.18. The summed E-state index contributed by atoms with van der Waals surface area (Å²) in [5.74, 6) is 0. The van der Waals surface area contributed by atoms with Gasteiger partial charge in [0.25, 0.3) is 0 Å². The molecule has 17 heavy (non-hydrogen) atoms. The number of nitrogens with zero attached hydrogens (tertiary/aromatic N) is 1. The van der Waals surface area contributed by atoms with Crippen LogP contribution in [0.2, 0.25) is 0 Å². The Kier molecular flexibility index (Phi) is 6.99. The van der Waals surface area contributed by atoms with Crippen molar-refractivity contribution in [1.82, 2.24) is 4.90 Å². The van der Waals surface area contributed by atoms with Crippen LogP contribution in [-0.4, -0.2) is 75.4 Å². The largest absolute Gasteiger partial charge is 0.389 e. The fraction of sp³-hybridized carbons (Fsp3) is 1.00. The number of hydrogen-bond acceptors (Lipinski definition) is 5. The Labute approximate surface area is 104 Å². The second kappa shape index (κ2) is 8.00. The van der Waals surface area contributed by atoms with Crippen molar-refractivity contribution in [3.63, 3.8) is 0 Å². The molecule has 1 aliphatic heterocycles. The van der Waals surface area contributed by atoms with Crippen LogP contribution in [0.5, 0.6) is 0 Å². The minimum absolute atomic E-state index is 0.251. The number of likely N-dealkylation sites (N-methyl/N-ethyl adjacent to an activating group) is 1. The molecule has 0 bridgehead atoms. The van der Waals surface area contributed by atoms with Crippen molar-refractivity contribution in [3.05, 3.63) is 0 Å². The lowest BCUT2D eigenvalue weighted by Crippen LogP contribution is -2.42. The van der Waals surface area contributed by atoms with Gasteiger partial charge in [0.2, 0.25) is 0 Å². The molecule has 0 aromatic carbocycles. The topological polar surface area (TPSA) is 51.2 Å². The Hall–Kier alpha value is -0.200. The highest BCUT2D eigenvalue weighted by molar-refractivity contribution is 4.81. The van der Waals surface area contributed by atoms with E-state index in [2.05, 4.69) is 11.8 Å². The zero-order chi connectivity index (χ0) is 12.7. The molecular formula is C12H25NO4. The van der Waals surface area contributed by atoms with Crippen LogP contribution in [0, 0.1) is 0 Å². The monoisotopic (exact) mass is 247 g/mol. The van der Waals surface area contributed by atoms with E-state index in [4.69, 9.17) is 14.2 Å². The van der Waals surface area contributed by atoms with Gasteiger partial charge in [-0.2, -0.15) is 0 Å². The van der Waals surface area contributed by atoms with Gasteiger partial charge in [0, 0.05) is 26.3 Å². The quantitative estimate of drug-likeness (QED) is 0.617. The normalized spacial score (nSPS) is 26.6. The van der Waals surface area contributed by atoms with Crippen molar-refractivity contribution in [3.8, 4) is 0 Å². The molecule has 1 aliphatic rings. The summed E-state index contributed by atoms with van der Waals surface area (Å²) >= 11 is 0. The third kappa shape index (κ3) is 5.31. The first-order valence-corrected chi connectivity index (χ1v) is 6.21. The lowest BCUT2D eigenvalue weighted by molar-refractivity contribution is -0.00725. The third-order valence-corrected chi connectivity index (χ3v) is 3.14. The molecule has 0 spiro atoms. The van der Waals surface area contributed by atoms with Gasteiger partial charge in [-0.3, -0.25) is 4.90 Å². The van der Waals surface area contributed by atoms with Crippen molar-refractivity contribution >= 4 is 0 Å². The molecule has 102 valence electrons. The minimum Gasteiger partial charge on any atom is -0.389 e. The van der Waals surface area contributed by atoms with Crippen LogP contribution in [0.1, 0.15) is 13.3 Å². The lowest BCUT2D eigenvalue weighted by atomic mass is 10.1. The van der Waals surface area contributed by atoms with E-state index in [1.54, 1.807) is 7.11 Å². The maximum Gasteiger partial charge on any atom is 0.0900 e. The molecule has 1 N–H and O–H groups in total. The van der Waals surface area contributed by atoms with E-state index in [-0.39, 0.29) is 6.10 Å². The van der Waals surface area contributed by atoms with Crippen LogP contribution in [0.3, 0.4) is 0 Å². The minimum atomic E-state index is -0.454. The zero-order valence-electron chi connectivity index (χ0n) is 11.1. The Bertz CT molecular complexity index is 203. The van der Waals surface area contributed by atoms with E-state index in [9.17, 15) is 5.11 Å². The molecule has 1 saturated heterocycles. The van der Waals surface area contributed by atoms with Crippen LogP contribution in [0.25, 0.3) is 0 Å². The average molecular weight is 247 g/mol. The second-order valence-corrected chi connectivity index (χ2v) is 4.59. The van der Waals surface area contributed by atoms with Crippen LogP contribution in [-0.2, 0) is 14.2 Å². The molecule has 0 aromatic heterocycles. The van der Waals surface area contributed by atoms with Gasteiger partial charge in [-0.1, -0.05) is 0 Å². The van der Waals surface area contributed by atoms with E-state index >= 15 is 0 Å². The number of aliphatic hydroxyl groups excluding tert-OH is 1. The number of methoxy groups -OCH3 is 1. The summed E-state index contributed by atoms with van der Waals surface area (Å²) in [5, 5.41) is 9.82. The molecule has 0 aliphatic carbocycles. The van der Waals surface area contributed by atoms with Gasteiger partial charge in [0.1, 0.15) is 0 Å². The molecule has 0 aromatic rings. The maximum absolute atomic E-state index is 9.82. The lowest BCUT2D eigenvalue weighted by Gasteiger charge is -2.28. The summed E-state index contributed by atoms with van der Waals surface area (Å²) in [5.41, 5.74) is 0. The van der Waals surface area contributed by atoms with Crippen molar-refractivity contribution < 1.29 is 19.3 Å². The van der Waals surface area contributed by atoms with Crippen molar-refractivity contribution in [1.29, 1.82) is 0 Å². The van der Waals surface area contributed by atoms with Gasteiger partial charge in [0.05, 0.1) is 32.0 Å². The molecule has 1 heterocycles. The molecule has 0 amide bonds. The molecule has 0 saturated carbocycles. The van der Waals surface area contributed by atoms with Crippen LogP contribution >= 0.6 is 0 Å². The highest BCUT2D eigenvalue weighted by atomic mass is 16.5. The predicted molar refractivity (Wildman–Crippen MR) is 65.2 cm³/mol. The van der Waals surface area contributed by atoms with Gasteiger partial charge in [-0.05, 0) is 20.4 Å². The fourth-order valence-electron chi connectivity index (χ4n) is 2.18. The van der Waals surface area contributed by atoms with Gasteiger partial charge < -0.3 is 19.3 Å². The standard InChI is InChI=1S/C12H25NO4/c1-10-12(4-5-17-10)13(2)8-11(14)9-16-7-6-15-3/h10-12,14H,4-9H2,1-3H3. The van der Waals surface area contributed by atoms with Crippen LogP contribution in [0.4, 0.5) is 0 Å². The SMILES string of the molecule is COCCOCC(O)CN(C)C1CCOC1C. The van der Waals surface area contributed by atoms with Crippen LogP contribution < -0.4 is 0 Å². The van der Waals surface area contributed by atoms with E-state index in [1.807, 2.05) is 7.05 Å². The molecule has 3 unspecified atom stereocenters. The molecular weight excluding hydrogens is 222 g/mol. The predicted octanol–water partition coefficient (Wildman–Crippen LogP) is 0.120. The first kappa shape index (κ1) is 14.9. The maximum atomic E-state index is 9.82. The summed E-state index contributed by atoms with van der Waals surface area (Å²) in [4.78, 5) is 2.15. The number of ether oxygens (including phenoxy) is 3. The highest BCUT2D eigenvalue weighted by Gasteiger charge is 2.28. The third-order valence-electron chi connectivity index (χ3n) is 3.14. The Balaban J connectivity index is 2.14. The average Bonchev–Trinajstić information content (AvgIpc) is 2.71. The van der Waals surface area contributed by atoms with Crippen molar-refractivity contribution in [2.45, 2.75) is 31.6 Å². The van der Waals surface area contributed by atoms with E-state index in [1.165, 1.54) is 0 Å². The second-order valence-electron chi connectivity index (χ2n) is 4.59. The van der Waals surface area contributed by atoms with E-state index < -0.39 is 6.10 Å². The molecule has 5 nitrogen and oxygen atoms in total. The molecule has 1 rings (SSSR count). The first-order chi connectivity index (χ1) is 8.15. The van der Waals surface area contributed by atoms with Gasteiger partial charge in [-0.25, -0.2) is 0 Å². The Morgan fingerprint density at radius 2 is 2.24 bits per heavy atom. The summed E-state index contributed by atoms with van der Waals surface area (Å²) in [7, 11) is 3.66. The zero-order valence-corrected chi connectivity index (χ0v) is 11.1. The summed E-state index contributed by atoms with van der Waals surface area (Å²) in [6, 6.07) is 0.406. The van der Waals surface area contributed by atoms with Crippen molar-refractivity contribution in [2.24, 2.45) is 0 Å². The van der Waals surface area contributed by atoms with Crippen LogP contribution in [0.15, 0.2) is 0 Å². The van der Waals surface area contributed by atoms with Gasteiger partial charge in [-0.15, -0.1) is 0 Å². The molecule has 1 fully saturated rings. The Morgan fingerprint density at radius 1 is 1.47 bits per heavy atom. The summed E-state index contributed by atoms with van der Waals surface area (Å²) < 4.78 is 15.7. The number of hydrogen-bond donors (Lipinski definition) is 1. The first-order valence-electron chi connectivity index (χ1n) is 6.21. The molecule has 3 atom stereocenters. The smallest absolute Gasteiger partial charge is 0.0900 e. The number of rotatable bonds is 8. The Morgan fingerprint density at radius 3 is 2.82 bits per heavy atom. The van der Waals surface area contributed by atoms with Crippen molar-refractivity contribution in [2.75, 3.05) is 47.1 Å². The highest BCUT2D eigenvalue weighted by Crippen LogP contribution is 2.18.